The van der Waals surface area contributed by atoms with Crippen LogP contribution in [-0.4, -0.2) is 54.0 Å². The highest BCUT2D eigenvalue weighted by Crippen LogP contribution is 2.20. The Hall–Kier alpha value is -2.81. The van der Waals surface area contributed by atoms with Crippen LogP contribution in [0.4, 0.5) is 5.13 Å². The minimum Gasteiger partial charge on any atom is -0.379 e. The van der Waals surface area contributed by atoms with Crippen molar-refractivity contribution >= 4 is 39.1 Å². The van der Waals surface area contributed by atoms with E-state index in [1.165, 1.54) is 11.3 Å². The maximum absolute atomic E-state index is 13.0. The van der Waals surface area contributed by atoms with Crippen LogP contribution in [0.15, 0.2) is 47.8 Å². The van der Waals surface area contributed by atoms with Crippen molar-refractivity contribution in [1.29, 1.82) is 0 Å². The Bertz CT molecular complexity index is 1100. The third-order valence-electron chi connectivity index (χ3n) is 5.77. The molecule has 7 nitrogen and oxygen atoms in total. The van der Waals surface area contributed by atoms with Crippen LogP contribution in [0.1, 0.15) is 25.1 Å². The van der Waals surface area contributed by atoms with E-state index < -0.39 is 6.04 Å². The average molecular weight is 467 g/mol. The van der Waals surface area contributed by atoms with Crippen molar-refractivity contribution in [3.8, 4) is 0 Å². The van der Waals surface area contributed by atoms with Crippen LogP contribution in [0.5, 0.6) is 0 Å². The predicted molar refractivity (Wildman–Crippen MR) is 131 cm³/mol. The number of rotatable bonds is 8. The van der Waals surface area contributed by atoms with Crippen LogP contribution in [0.25, 0.3) is 10.8 Å². The first-order valence-corrected chi connectivity index (χ1v) is 12.2. The fraction of sp³-hybridized carbons (Fsp3) is 0.400. The molecule has 1 aliphatic rings. The van der Waals surface area contributed by atoms with Gasteiger partial charge >= 0.3 is 0 Å². The van der Waals surface area contributed by atoms with E-state index in [0.29, 0.717) is 5.13 Å². The van der Waals surface area contributed by atoms with Gasteiger partial charge in [-0.3, -0.25) is 14.5 Å². The van der Waals surface area contributed by atoms with Crippen LogP contribution >= 0.6 is 11.3 Å². The highest BCUT2D eigenvalue weighted by molar-refractivity contribution is 7.13. The number of ether oxygens (including phenoxy) is 1. The van der Waals surface area contributed by atoms with Crippen molar-refractivity contribution in [2.24, 2.45) is 5.92 Å². The van der Waals surface area contributed by atoms with Crippen LogP contribution in [0.3, 0.4) is 0 Å². The monoisotopic (exact) mass is 466 g/mol. The van der Waals surface area contributed by atoms with Crippen molar-refractivity contribution in [1.82, 2.24) is 15.2 Å². The molecule has 0 bridgehead atoms. The van der Waals surface area contributed by atoms with Gasteiger partial charge in [-0.15, -0.1) is 11.3 Å². The Kier molecular flexibility index (Phi) is 7.69. The van der Waals surface area contributed by atoms with E-state index >= 15 is 0 Å². The van der Waals surface area contributed by atoms with E-state index in [-0.39, 0.29) is 24.2 Å². The van der Waals surface area contributed by atoms with Crippen molar-refractivity contribution in [2.45, 2.75) is 32.9 Å². The van der Waals surface area contributed by atoms with E-state index in [1.807, 2.05) is 61.7 Å². The van der Waals surface area contributed by atoms with Gasteiger partial charge in [0.25, 0.3) is 0 Å². The van der Waals surface area contributed by atoms with Gasteiger partial charge in [0.05, 0.1) is 25.3 Å². The van der Waals surface area contributed by atoms with Gasteiger partial charge < -0.3 is 15.4 Å². The molecule has 1 aliphatic heterocycles. The van der Waals surface area contributed by atoms with Crippen LogP contribution in [0.2, 0.25) is 0 Å². The normalized spacial score (nSPS) is 15.5. The molecule has 1 saturated heterocycles. The molecule has 1 aromatic heterocycles. The molecule has 0 unspecified atom stereocenters. The number of aromatic nitrogens is 1. The summed E-state index contributed by atoms with van der Waals surface area (Å²) < 4.78 is 5.38. The number of nitrogens with zero attached hydrogens (tertiary/aromatic N) is 2. The third-order valence-corrected chi connectivity index (χ3v) is 6.57. The number of benzene rings is 2. The fourth-order valence-corrected chi connectivity index (χ4v) is 4.69. The van der Waals surface area contributed by atoms with Crippen LogP contribution < -0.4 is 10.6 Å². The minimum atomic E-state index is -0.640. The fourth-order valence-electron chi connectivity index (χ4n) is 3.99. The molecule has 2 amide bonds. The standard InChI is InChI=1S/C25H30N4O3S/c1-17(2)23(27-22(30)14-19-8-5-7-18-6-3-4-9-21(18)19)24(31)28-25-26-20(16-33-25)15-29-10-12-32-13-11-29/h3-9,16-17,23H,10-15H2,1-2H3,(H,27,30)(H,26,28,31)/t23-/m0/s1. The average Bonchev–Trinajstić information content (AvgIpc) is 3.24. The summed E-state index contributed by atoms with van der Waals surface area (Å²) in [7, 11) is 0. The van der Waals surface area contributed by atoms with Gasteiger partial charge in [-0.1, -0.05) is 56.3 Å². The second-order valence-corrected chi connectivity index (χ2v) is 9.48. The molecule has 0 spiro atoms. The van der Waals surface area contributed by atoms with Gasteiger partial charge in [-0.2, -0.15) is 0 Å². The van der Waals surface area contributed by atoms with Crippen molar-refractivity contribution < 1.29 is 14.3 Å². The summed E-state index contributed by atoms with van der Waals surface area (Å²) in [5.41, 5.74) is 1.87. The molecule has 0 radical (unpaired) electrons. The number of morpholine rings is 1. The quantitative estimate of drug-likeness (QED) is 0.531. The molecule has 0 saturated carbocycles. The minimum absolute atomic E-state index is 0.0609. The summed E-state index contributed by atoms with van der Waals surface area (Å²) in [6.07, 6.45) is 0.221. The van der Waals surface area contributed by atoms with Gasteiger partial charge in [0.2, 0.25) is 11.8 Å². The van der Waals surface area contributed by atoms with E-state index in [2.05, 4.69) is 20.5 Å². The lowest BCUT2D eigenvalue weighted by atomic mass is 10.0. The number of carbonyl (C=O) groups excluding carboxylic acids is 2. The molecule has 4 rings (SSSR count). The number of hydrogen-bond acceptors (Lipinski definition) is 6. The largest absolute Gasteiger partial charge is 0.379 e. The molecule has 2 N–H and O–H groups in total. The number of carbonyl (C=O) groups is 2. The summed E-state index contributed by atoms with van der Waals surface area (Å²) in [5.74, 6) is -0.481. The van der Waals surface area contributed by atoms with E-state index in [0.717, 1.165) is 54.9 Å². The van der Waals surface area contributed by atoms with E-state index in [1.54, 1.807) is 0 Å². The van der Waals surface area contributed by atoms with Gasteiger partial charge in [0, 0.05) is 25.0 Å². The summed E-state index contributed by atoms with van der Waals surface area (Å²) in [6, 6.07) is 13.3. The first kappa shape index (κ1) is 23.4. The van der Waals surface area contributed by atoms with Crippen molar-refractivity contribution in [3.05, 3.63) is 59.1 Å². The zero-order valence-electron chi connectivity index (χ0n) is 19.0. The number of thiazole rings is 1. The Morgan fingerprint density at radius 2 is 1.88 bits per heavy atom. The Morgan fingerprint density at radius 1 is 1.12 bits per heavy atom. The van der Waals surface area contributed by atoms with Crippen molar-refractivity contribution in [2.75, 3.05) is 31.6 Å². The molecular formula is C25H30N4O3S. The number of anilines is 1. The predicted octanol–water partition coefficient (Wildman–Crippen LogP) is 3.45. The molecule has 1 atom stereocenters. The highest BCUT2D eigenvalue weighted by atomic mass is 32.1. The topological polar surface area (TPSA) is 83.6 Å². The molecule has 33 heavy (non-hydrogen) atoms. The summed E-state index contributed by atoms with van der Waals surface area (Å²) >= 11 is 1.40. The molecule has 174 valence electrons. The lowest BCUT2D eigenvalue weighted by Crippen LogP contribution is -2.47. The van der Waals surface area contributed by atoms with Gasteiger partial charge in [-0.05, 0) is 22.3 Å². The smallest absolute Gasteiger partial charge is 0.248 e. The molecular weight excluding hydrogens is 436 g/mol. The summed E-state index contributed by atoms with van der Waals surface area (Å²) in [6.45, 7) is 7.84. The summed E-state index contributed by atoms with van der Waals surface area (Å²) in [5, 5.41) is 10.5. The highest BCUT2D eigenvalue weighted by Gasteiger charge is 2.25. The lowest BCUT2D eigenvalue weighted by Gasteiger charge is -2.25. The van der Waals surface area contributed by atoms with Gasteiger partial charge in [-0.25, -0.2) is 4.98 Å². The number of amides is 2. The zero-order chi connectivity index (χ0) is 23.2. The molecule has 3 aromatic rings. The Labute approximate surface area is 198 Å². The first-order valence-electron chi connectivity index (χ1n) is 11.3. The van der Waals surface area contributed by atoms with Crippen LogP contribution in [0, 0.1) is 5.92 Å². The maximum atomic E-state index is 13.0. The van der Waals surface area contributed by atoms with Gasteiger partial charge in [0.15, 0.2) is 5.13 Å². The lowest BCUT2D eigenvalue weighted by molar-refractivity contribution is -0.127. The number of fused-ring (bicyclic) bond motifs is 1. The second kappa shape index (κ2) is 10.9. The van der Waals surface area contributed by atoms with Crippen molar-refractivity contribution in [3.63, 3.8) is 0 Å². The maximum Gasteiger partial charge on any atom is 0.248 e. The molecule has 8 heteroatoms. The molecule has 2 aromatic carbocycles. The van der Waals surface area contributed by atoms with E-state index in [4.69, 9.17) is 4.74 Å². The van der Waals surface area contributed by atoms with Crippen LogP contribution in [-0.2, 0) is 27.3 Å². The number of nitrogens with one attached hydrogen (secondary N) is 2. The van der Waals surface area contributed by atoms with Gasteiger partial charge in [0.1, 0.15) is 6.04 Å². The molecule has 0 aliphatic carbocycles. The first-order chi connectivity index (χ1) is 16.0. The third kappa shape index (κ3) is 6.16. The summed E-state index contributed by atoms with van der Waals surface area (Å²) in [4.78, 5) is 32.6. The molecule has 1 fully saturated rings. The number of hydrogen-bond donors (Lipinski definition) is 2. The Balaban J connectivity index is 1.36. The van der Waals surface area contributed by atoms with E-state index in [9.17, 15) is 9.59 Å². The molecule has 2 heterocycles. The Morgan fingerprint density at radius 3 is 2.67 bits per heavy atom. The second-order valence-electron chi connectivity index (χ2n) is 8.63. The SMILES string of the molecule is CC(C)[C@H](NC(=O)Cc1cccc2ccccc12)C(=O)Nc1nc(CN2CCOCC2)cs1. The zero-order valence-corrected chi connectivity index (χ0v) is 19.9.